The molecule has 0 spiro atoms. The number of likely N-dealkylation sites (tertiary alicyclic amines) is 2. The van der Waals surface area contributed by atoms with Crippen LogP contribution in [-0.4, -0.2) is 51.0 Å². The Kier molecular flexibility index (Phi) is 7.60. The molecule has 220 valence electrons. The van der Waals surface area contributed by atoms with E-state index in [0.29, 0.717) is 25.7 Å². The zero-order valence-electron chi connectivity index (χ0n) is 23.7. The minimum Gasteiger partial charge on any atom is -0.407 e. The lowest BCUT2D eigenvalue weighted by Crippen LogP contribution is -2.59. The van der Waals surface area contributed by atoms with E-state index in [1.54, 1.807) is 0 Å². The molecule has 2 aliphatic carbocycles. The minimum absolute atomic E-state index is 0.0721. The van der Waals surface area contributed by atoms with Crippen molar-refractivity contribution in [2.45, 2.75) is 100 Å². The third kappa shape index (κ3) is 5.21. The summed E-state index contributed by atoms with van der Waals surface area (Å²) < 4.78 is 12.1. The first kappa shape index (κ1) is 28.1. The highest BCUT2D eigenvalue weighted by Crippen LogP contribution is 2.46. The van der Waals surface area contributed by atoms with Crippen LogP contribution >= 0.6 is 0 Å². The summed E-state index contributed by atoms with van der Waals surface area (Å²) in [6.07, 6.45) is 2.80. The fraction of sp³-hybridized carbons (Fsp3) is 0.485. The summed E-state index contributed by atoms with van der Waals surface area (Å²) in [6, 6.07) is 20.0. The molecule has 0 atom stereocenters. The number of amides is 4. The van der Waals surface area contributed by atoms with Gasteiger partial charge in [-0.2, -0.15) is 0 Å². The number of carbonyl (C=O) groups is 5. The Morgan fingerprint density at radius 1 is 0.548 bits per heavy atom. The topological polar surface area (TPSA) is 110 Å². The molecule has 2 aromatic rings. The van der Waals surface area contributed by atoms with Gasteiger partial charge in [0.15, 0.2) is 11.4 Å². The number of nitrogens with zero attached hydrogens (tertiary/aromatic N) is 2. The lowest BCUT2D eigenvalue weighted by Gasteiger charge is -2.46. The van der Waals surface area contributed by atoms with Gasteiger partial charge in [0.05, 0.1) is 0 Å². The third-order valence-corrected chi connectivity index (χ3v) is 9.54. The van der Waals surface area contributed by atoms with Crippen molar-refractivity contribution >= 4 is 29.8 Å². The highest BCUT2D eigenvalue weighted by molar-refractivity contribution is 6.03. The second-order valence-corrected chi connectivity index (χ2v) is 12.0. The van der Waals surface area contributed by atoms with Crippen molar-refractivity contribution in [1.82, 2.24) is 9.80 Å². The molecule has 2 heterocycles. The molecule has 4 aliphatic rings. The molecular formula is C33H36N2O7. The number of rotatable bonds is 6. The zero-order chi connectivity index (χ0) is 29.3. The summed E-state index contributed by atoms with van der Waals surface area (Å²) >= 11 is 0. The average molecular weight is 573 g/mol. The lowest BCUT2D eigenvalue weighted by molar-refractivity contribution is -0.199. The van der Waals surface area contributed by atoms with Gasteiger partial charge in [-0.1, -0.05) is 60.7 Å². The van der Waals surface area contributed by atoms with E-state index >= 15 is 0 Å². The van der Waals surface area contributed by atoms with E-state index in [-0.39, 0.29) is 86.8 Å². The molecule has 2 saturated carbocycles. The van der Waals surface area contributed by atoms with Gasteiger partial charge in [-0.25, -0.2) is 14.6 Å². The van der Waals surface area contributed by atoms with Crippen molar-refractivity contribution in [2.75, 3.05) is 0 Å². The molecular weight excluding hydrogens is 536 g/mol. The Bertz CT molecular complexity index is 1220. The Balaban J connectivity index is 1.24. The lowest BCUT2D eigenvalue weighted by atomic mass is 9.79. The second-order valence-electron chi connectivity index (χ2n) is 12.0. The van der Waals surface area contributed by atoms with Crippen LogP contribution in [-0.2, 0) is 28.7 Å². The number of hydrogen-bond donors (Lipinski definition) is 0. The first-order chi connectivity index (χ1) is 20.3. The predicted octanol–water partition coefficient (Wildman–Crippen LogP) is 5.55. The number of hydrogen-bond acceptors (Lipinski definition) is 7. The van der Waals surface area contributed by atoms with Gasteiger partial charge in [0.25, 0.3) is 0 Å². The molecule has 9 heteroatoms. The molecule has 0 radical (unpaired) electrons. The number of carbonyl (C=O) groups excluding carboxylic acids is 5. The van der Waals surface area contributed by atoms with E-state index in [9.17, 15) is 24.0 Å². The Labute approximate surface area is 245 Å². The van der Waals surface area contributed by atoms with Crippen LogP contribution in [0.2, 0.25) is 0 Å². The highest BCUT2D eigenvalue weighted by Gasteiger charge is 2.55. The van der Waals surface area contributed by atoms with Crippen molar-refractivity contribution in [3.63, 3.8) is 0 Å². The van der Waals surface area contributed by atoms with Crippen LogP contribution < -0.4 is 0 Å². The fourth-order valence-corrected chi connectivity index (χ4v) is 7.39. The smallest absolute Gasteiger partial charge is 0.407 e. The summed E-state index contributed by atoms with van der Waals surface area (Å²) in [5.41, 5.74) is -0.607. The normalized spacial score (nSPS) is 30.1. The Hall–Kier alpha value is -4.01. The maximum absolute atomic E-state index is 13.7. The number of imide groups is 2. The molecule has 0 aromatic heterocycles. The third-order valence-electron chi connectivity index (χ3n) is 9.54. The molecule has 9 nitrogen and oxygen atoms in total. The quantitative estimate of drug-likeness (QED) is 0.330. The van der Waals surface area contributed by atoms with Gasteiger partial charge >= 0.3 is 6.16 Å². The van der Waals surface area contributed by atoms with Crippen LogP contribution in [0.4, 0.5) is 4.79 Å². The summed E-state index contributed by atoms with van der Waals surface area (Å²) in [7, 11) is 0. The molecule has 2 saturated heterocycles. The van der Waals surface area contributed by atoms with Gasteiger partial charge in [-0.05, 0) is 48.6 Å². The highest BCUT2D eigenvalue weighted by atomic mass is 16.8. The van der Waals surface area contributed by atoms with Crippen molar-refractivity contribution in [3.8, 4) is 0 Å². The van der Waals surface area contributed by atoms with Gasteiger partial charge in [0, 0.05) is 51.4 Å². The molecule has 6 rings (SSSR count). The molecule has 0 N–H and O–H groups in total. The van der Waals surface area contributed by atoms with Crippen LogP contribution in [0.1, 0.15) is 100 Å². The standard InChI is InChI=1S/C33H36N2O7/c36-27-11-12-28(37)34(27)32(19-15-25(16-20-32)23-7-3-1-4-8-23)41-31(40)42-33(35-29(38)13-14-30(35)39)21-17-26(18-22-33)24-9-5-2-6-10-24/h1-10,25-26H,11-22H2. The molecule has 4 amide bonds. The van der Waals surface area contributed by atoms with Crippen LogP contribution in [0.3, 0.4) is 0 Å². The van der Waals surface area contributed by atoms with Gasteiger partial charge in [0.1, 0.15) is 0 Å². The van der Waals surface area contributed by atoms with E-state index in [1.165, 1.54) is 0 Å². The monoisotopic (exact) mass is 572 g/mol. The zero-order valence-corrected chi connectivity index (χ0v) is 23.7. The maximum atomic E-state index is 13.7. The first-order valence-corrected chi connectivity index (χ1v) is 15.0. The molecule has 2 aliphatic heterocycles. The molecule has 4 fully saturated rings. The van der Waals surface area contributed by atoms with E-state index in [4.69, 9.17) is 9.47 Å². The van der Waals surface area contributed by atoms with E-state index < -0.39 is 17.6 Å². The molecule has 0 bridgehead atoms. The Morgan fingerprint density at radius 3 is 1.17 bits per heavy atom. The second kappa shape index (κ2) is 11.3. The molecule has 42 heavy (non-hydrogen) atoms. The number of ether oxygens (including phenoxy) is 2. The summed E-state index contributed by atoms with van der Waals surface area (Å²) in [5, 5.41) is 0. The van der Waals surface area contributed by atoms with Gasteiger partial charge in [0.2, 0.25) is 23.6 Å². The SMILES string of the molecule is O=C(OC1(N2C(=O)CCC2=O)CCC(c2ccccc2)CC1)OC1(N2C(=O)CCC2=O)CCC(c2ccccc2)CC1. The predicted molar refractivity (Wildman–Crippen MR) is 151 cm³/mol. The average Bonchev–Trinajstić information content (AvgIpc) is 3.54. The van der Waals surface area contributed by atoms with Crippen molar-refractivity contribution in [3.05, 3.63) is 71.8 Å². The minimum atomic E-state index is -1.46. The van der Waals surface area contributed by atoms with Crippen molar-refractivity contribution < 1.29 is 33.4 Å². The van der Waals surface area contributed by atoms with E-state index in [2.05, 4.69) is 24.3 Å². The van der Waals surface area contributed by atoms with Crippen LogP contribution in [0, 0.1) is 0 Å². The first-order valence-electron chi connectivity index (χ1n) is 15.0. The molecule has 2 aromatic carbocycles. The van der Waals surface area contributed by atoms with Crippen molar-refractivity contribution in [1.29, 1.82) is 0 Å². The van der Waals surface area contributed by atoms with Crippen LogP contribution in [0.25, 0.3) is 0 Å². The van der Waals surface area contributed by atoms with Crippen LogP contribution in [0.15, 0.2) is 60.7 Å². The summed E-state index contributed by atoms with van der Waals surface area (Å²) in [5.74, 6) is -1.07. The Morgan fingerprint density at radius 2 is 0.857 bits per heavy atom. The summed E-state index contributed by atoms with van der Waals surface area (Å²) in [6.45, 7) is 0. The van der Waals surface area contributed by atoms with Crippen molar-refractivity contribution in [2.24, 2.45) is 0 Å². The maximum Gasteiger partial charge on any atom is 0.512 e. The van der Waals surface area contributed by atoms with Gasteiger partial charge in [-0.15, -0.1) is 0 Å². The van der Waals surface area contributed by atoms with E-state index in [1.807, 2.05) is 36.4 Å². The van der Waals surface area contributed by atoms with Crippen LogP contribution in [0.5, 0.6) is 0 Å². The van der Waals surface area contributed by atoms with Gasteiger partial charge < -0.3 is 9.47 Å². The summed E-state index contributed by atoms with van der Waals surface area (Å²) in [4.78, 5) is 67.6. The number of benzene rings is 2. The largest absolute Gasteiger partial charge is 0.512 e. The van der Waals surface area contributed by atoms with Gasteiger partial charge in [-0.3, -0.25) is 19.2 Å². The fourth-order valence-electron chi connectivity index (χ4n) is 7.39. The van der Waals surface area contributed by atoms with E-state index in [0.717, 1.165) is 20.9 Å². The molecule has 0 unspecified atom stereocenters.